The number of aromatic nitrogens is 2. The smallest absolute Gasteiger partial charge is 0.330 e. The monoisotopic (exact) mass is 362 g/mol. The lowest BCUT2D eigenvalue weighted by Gasteiger charge is -2.17. The van der Waals surface area contributed by atoms with Crippen molar-refractivity contribution >= 4 is 16.1 Å². The Bertz CT molecular complexity index is 840. The Morgan fingerprint density at radius 2 is 2.17 bits per heavy atom. The molecule has 0 unspecified atom stereocenters. The molecule has 2 N–H and O–H groups in total. The molecule has 0 aliphatic carbocycles. The molecule has 2 heterocycles. The average Bonchev–Trinajstić information content (AvgIpc) is 2.82. The number of hydrogen-bond acceptors (Lipinski definition) is 7. The van der Waals surface area contributed by atoms with E-state index in [-0.39, 0.29) is 12.8 Å². The molecule has 3 atom stereocenters. The summed E-state index contributed by atoms with van der Waals surface area (Å²) in [6.45, 7) is 2.71. The van der Waals surface area contributed by atoms with Crippen LogP contribution in [0.5, 0.6) is 0 Å². The lowest BCUT2D eigenvalue weighted by molar-refractivity contribution is -0.149. The number of nitrogens with zero attached hydrogens (tertiary/aromatic N) is 1. The third-order valence-electron chi connectivity index (χ3n) is 3.61. The molecule has 1 fully saturated rings. The van der Waals surface area contributed by atoms with Crippen molar-refractivity contribution in [3.05, 3.63) is 32.6 Å². The van der Waals surface area contributed by atoms with Gasteiger partial charge in [-0.25, -0.2) is 4.79 Å². The number of H-pyrrole nitrogens is 1. The van der Waals surface area contributed by atoms with Crippen molar-refractivity contribution in [1.29, 1.82) is 0 Å². The summed E-state index contributed by atoms with van der Waals surface area (Å²) in [5, 5.41) is 0. The molecule has 24 heavy (non-hydrogen) atoms. The highest BCUT2D eigenvalue weighted by Gasteiger charge is 2.39. The van der Waals surface area contributed by atoms with Crippen molar-refractivity contribution < 1.29 is 27.2 Å². The fraction of sp³-hybridized carbons (Fsp3) is 0.615. The Balaban J connectivity index is 2.25. The standard InChI is InChI=1S/C13H18N2O8S/c1-7-6-15(13(18)14-12(7)17)11-5-10(22-8(2)16)9(23-11)3-4-24(19,20)21/h6,9-11H,3-5H2,1-2H3,(H,14,17,18)(H,19,20,21)/t9-,10+,11-/m1/s1. The number of carbonyl (C=O) groups excluding carboxylic acids is 1. The van der Waals surface area contributed by atoms with Crippen molar-refractivity contribution in [3.63, 3.8) is 0 Å². The second-order valence-electron chi connectivity index (χ2n) is 5.57. The van der Waals surface area contributed by atoms with Gasteiger partial charge in [0.2, 0.25) is 0 Å². The summed E-state index contributed by atoms with van der Waals surface area (Å²) in [4.78, 5) is 36.7. The molecule has 0 aromatic carbocycles. The molecule has 0 radical (unpaired) electrons. The molecule has 1 aromatic rings. The first-order valence-electron chi connectivity index (χ1n) is 7.16. The third-order valence-corrected chi connectivity index (χ3v) is 4.37. The largest absolute Gasteiger partial charge is 0.460 e. The van der Waals surface area contributed by atoms with E-state index in [4.69, 9.17) is 14.0 Å². The summed E-state index contributed by atoms with van der Waals surface area (Å²) in [6.07, 6.45) is -1.08. The maximum Gasteiger partial charge on any atom is 0.330 e. The first kappa shape index (κ1) is 18.4. The molecular formula is C13H18N2O8S. The van der Waals surface area contributed by atoms with Gasteiger partial charge < -0.3 is 9.47 Å². The zero-order valence-electron chi connectivity index (χ0n) is 13.1. The van der Waals surface area contributed by atoms with Crippen molar-refractivity contribution in [2.75, 3.05) is 5.75 Å². The van der Waals surface area contributed by atoms with Crippen LogP contribution < -0.4 is 11.2 Å². The first-order chi connectivity index (χ1) is 11.1. The molecule has 1 aromatic heterocycles. The quantitative estimate of drug-likeness (QED) is 0.519. The average molecular weight is 362 g/mol. The van der Waals surface area contributed by atoms with Gasteiger partial charge in [0, 0.05) is 25.1 Å². The fourth-order valence-electron chi connectivity index (χ4n) is 2.53. The Hall–Kier alpha value is -1.98. The normalized spacial score (nSPS) is 24.0. The molecule has 134 valence electrons. The van der Waals surface area contributed by atoms with Crippen molar-refractivity contribution in [2.24, 2.45) is 0 Å². The predicted molar refractivity (Wildman–Crippen MR) is 81.2 cm³/mol. The van der Waals surface area contributed by atoms with Gasteiger partial charge in [0.15, 0.2) is 0 Å². The minimum absolute atomic E-state index is 0.107. The molecule has 1 aliphatic rings. The van der Waals surface area contributed by atoms with Gasteiger partial charge in [0.1, 0.15) is 12.3 Å². The van der Waals surface area contributed by atoms with Gasteiger partial charge >= 0.3 is 11.7 Å². The van der Waals surface area contributed by atoms with Crippen LogP contribution in [0.3, 0.4) is 0 Å². The highest BCUT2D eigenvalue weighted by molar-refractivity contribution is 7.85. The van der Waals surface area contributed by atoms with E-state index >= 15 is 0 Å². The molecular weight excluding hydrogens is 344 g/mol. The van der Waals surface area contributed by atoms with Crippen LogP contribution in [0.4, 0.5) is 0 Å². The molecule has 0 amide bonds. The fourth-order valence-corrected chi connectivity index (χ4v) is 3.06. The van der Waals surface area contributed by atoms with Gasteiger partial charge in [-0.05, 0) is 13.3 Å². The zero-order chi connectivity index (χ0) is 18.1. The highest BCUT2D eigenvalue weighted by Crippen LogP contribution is 2.31. The second kappa shape index (κ2) is 6.87. The van der Waals surface area contributed by atoms with E-state index in [1.807, 2.05) is 0 Å². The number of ether oxygens (including phenoxy) is 2. The third kappa shape index (κ3) is 4.52. The second-order valence-corrected chi connectivity index (χ2v) is 7.14. The minimum Gasteiger partial charge on any atom is -0.460 e. The summed E-state index contributed by atoms with van der Waals surface area (Å²) in [7, 11) is -4.20. The van der Waals surface area contributed by atoms with Crippen LogP contribution in [0.25, 0.3) is 0 Å². The predicted octanol–water partition coefficient (Wildman–Crippen LogP) is -0.658. The number of hydrogen-bond donors (Lipinski definition) is 2. The van der Waals surface area contributed by atoms with Gasteiger partial charge in [0.25, 0.3) is 15.7 Å². The van der Waals surface area contributed by atoms with E-state index in [1.54, 1.807) is 0 Å². The first-order valence-corrected chi connectivity index (χ1v) is 8.77. The Kier molecular flexibility index (Phi) is 5.26. The lowest BCUT2D eigenvalue weighted by Crippen LogP contribution is -2.33. The van der Waals surface area contributed by atoms with E-state index in [9.17, 15) is 22.8 Å². The van der Waals surface area contributed by atoms with Gasteiger partial charge in [-0.1, -0.05) is 0 Å². The maximum absolute atomic E-state index is 11.9. The van der Waals surface area contributed by atoms with Crippen LogP contribution in [0.1, 0.15) is 31.6 Å². The highest BCUT2D eigenvalue weighted by atomic mass is 32.2. The molecule has 1 aliphatic heterocycles. The molecule has 11 heteroatoms. The number of aromatic amines is 1. The van der Waals surface area contributed by atoms with Crippen LogP contribution in [-0.2, 0) is 24.4 Å². The summed E-state index contributed by atoms with van der Waals surface area (Å²) in [5.74, 6) is -1.15. The number of carbonyl (C=O) groups is 1. The number of nitrogens with one attached hydrogen (secondary N) is 1. The van der Waals surface area contributed by atoms with E-state index in [1.165, 1.54) is 20.0 Å². The SMILES string of the molecule is CC(=O)O[C@H]1C[C@H](n2cc(C)c(=O)[nH]c2=O)O[C@@H]1CCS(=O)(=O)O. The minimum atomic E-state index is -4.20. The van der Waals surface area contributed by atoms with Crippen LogP contribution >= 0.6 is 0 Å². The van der Waals surface area contributed by atoms with E-state index < -0.39 is 51.5 Å². The summed E-state index contributed by atoms with van der Waals surface area (Å²) < 4.78 is 42.5. The molecule has 0 saturated carbocycles. The van der Waals surface area contributed by atoms with Crippen LogP contribution in [-0.4, -0.2) is 46.5 Å². The van der Waals surface area contributed by atoms with Gasteiger partial charge in [0.05, 0.1) is 11.9 Å². The van der Waals surface area contributed by atoms with Crippen molar-refractivity contribution in [1.82, 2.24) is 9.55 Å². The molecule has 0 bridgehead atoms. The molecule has 1 saturated heterocycles. The molecule has 0 spiro atoms. The molecule has 2 rings (SSSR count). The lowest BCUT2D eigenvalue weighted by atomic mass is 10.1. The zero-order valence-corrected chi connectivity index (χ0v) is 13.9. The number of aryl methyl sites for hydroxylation is 1. The Labute approximate surface area is 137 Å². The topological polar surface area (TPSA) is 145 Å². The Morgan fingerprint density at radius 1 is 1.50 bits per heavy atom. The Morgan fingerprint density at radius 3 is 2.75 bits per heavy atom. The maximum atomic E-state index is 11.9. The van der Waals surface area contributed by atoms with Crippen molar-refractivity contribution in [2.45, 2.75) is 45.1 Å². The van der Waals surface area contributed by atoms with E-state index in [2.05, 4.69) is 4.98 Å². The summed E-state index contributed by atoms with van der Waals surface area (Å²) >= 11 is 0. The summed E-state index contributed by atoms with van der Waals surface area (Å²) in [5.41, 5.74) is -0.912. The molecule has 10 nitrogen and oxygen atoms in total. The van der Waals surface area contributed by atoms with Gasteiger partial charge in [-0.2, -0.15) is 8.42 Å². The van der Waals surface area contributed by atoms with Crippen molar-refractivity contribution in [3.8, 4) is 0 Å². The summed E-state index contributed by atoms with van der Waals surface area (Å²) in [6, 6.07) is 0. The van der Waals surface area contributed by atoms with Gasteiger partial charge in [-0.15, -0.1) is 0 Å². The van der Waals surface area contributed by atoms with E-state index in [0.717, 1.165) is 4.57 Å². The van der Waals surface area contributed by atoms with Crippen LogP contribution in [0.15, 0.2) is 15.8 Å². The number of esters is 1. The van der Waals surface area contributed by atoms with Gasteiger partial charge in [-0.3, -0.25) is 23.7 Å². The van der Waals surface area contributed by atoms with E-state index in [0.29, 0.717) is 5.56 Å². The van der Waals surface area contributed by atoms with Crippen LogP contribution in [0.2, 0.25) is 0 Å². The van der Waals surface area contributed by atoms with Crippen LogP contribution in [0, 0.1) is 6.92 Å². The number of rotatable bonds is 5.